The fourth-order valence-corrected chi connectivity index (χ4v) is 3.74. The Hall–Kier alpha value is -1.07. The van der Waals surface area contributed by atoms with Crippen molar-refractivity contribution in [2.45, 2.75) is 57.3 Å². The van der Waals surface area contributed by atoms with E-state index >= 15 is 0 Å². The summed E-state index contributed by atoms with van der Waals surface area (Å²) in [5.74, 6) is 1.61. The maximum Gasteiger partial charge on any atom is 0.238 e. The summed E-state index contributed by atoms with van der Waals surface area (Å²) in [6.07, 6.45) is 5.03. The summed E-state index contributed by atoms with van der Waals surface area (Å²) in [4.78, 5) is 0.194. The highest BCUT2D eigenvalue weighted by atomic mass is 32.2. The molecule has 21 heavy (non-hydrogen) atoms. The lowest BCUT2D eigenvalue weighted by Gasteiger charge is -2.19. The Kier molecular flexibility index (Phi) is 4.94. The second kappa shape index (κ2) is 6.36. The van der Waals surface area contributed by atoms with Gasteiger partial charge < -0.3 is 4.74 Å². The number of sulfonamides is 1. The zero-order chi connectivity index (χ0) is 15.6. The summed E-state index contributed by atoms with van der Waals surface area (Å²) >= 11 is 0. The molecule has 1 aliphatic rings. The third-order valence-corrected chi connectivity index (χ3v) is 5.24. The molecule has 2 rings (SSSR count). The maximum absolute atomic E-state index is 11.6. The number of ether oxygens (including phenoxy) is 1. The summed E-state index contributed by atoms with van der Waals surface area (Å²) in [5, 5.41) is 5.28. The van der Waals surface area contributed by atoms with Crippen molar-refractivity contribution in [2.24, 2.45) is 11.1 Å². The third-order valence-electron chi connectivity index (χ3n) is 4.19. The maximum atomic E-state index is 11.6. The van der Waals surface area contributed by atoms with Crippen molar-refractivity contribution < 1.29 is 13.2 Å². The van der Waals surface area contributed by atoms with Gasteiger partial charge in [0, 0.05) is 0 Å². The van der Waals surface area contributed by atoms with Gasteiger partial charge in [0.25, 0.3) is 0 Å². The molecule has 4 nitrogen and oxygen atoms in total. The van der Waals surface area contributed by atoms with Crippen LogP contribution in [0.3, 0.4) is 0 Å². The molecule has 5 heteroatoms. The van der Waals surface area contributed by atoms with Gasteiger partial charge in [0.2, 0.25) is 10.0 Å². The molecule has 0 saturated heterocycles. The quantitative estimate of drug-likeness (QED) is 0.906. The van der Waals surface area contributed by atoms with Gasteiger partial charge in [-0.05, 0) is 54.9 Å². The van der Waals surface area contributed by atoms with E-state index < -0.39 is 10.0 Å². The van der Waals surface area contributed by atoms with E-state index in [0.717, 1.165) is 11.3 Å². The zero-order valence-corrected chi connectivity index (χ0v) is 13.9. The predicted molar refractivity (Wildman–Crippen MR) is 84.1 cm³/mol. The highest BCUT2D eigenvalue weighted by Gasteiger charge is 2.20. The van der Waals surface area contributed by atoms with Gasteiger partial charge in [-0.1, -0.05) is 26.7 Å². The van der Waals surface area contributed by atoms with Gasteiger partial charge in [-0.2, -0.15) is 0 Å². The fourth-order valence-electron chi connectivity index (χ4n) is 2.94. The zero-order valence-electron chi connectivity index (χ0n) is 13.1. The molecule has 1 saturated carbocycles. The molecule has 118 valence electrons. The molecule has 0 aromatic heterocycles. The van der Waals surface area contributed by atoms with Crippen molar-refractivity contribution in [3.05, 3.63) is 23.3 Å². The first kappa shape index (κ1) is 16.3. The molecule has 0 amide bonds. The number of aryl methyl sites for hydroxylation is 1. The lowest BCUT2D eigenvalue weighted by molar-refractivity contribution is 0.249. The molecule has 1 aromatic rings. The molecule has 0 aliphatic heterocycles. The van der Waals surface area contributed by atoms with E-state index in [1.165, 1.54) is 25.7 Å². The first-order valence-electron chi connectivity index (χ1n) is 7.59. The molecule has 1 aromatic carbocycles. The number of benzene rings is 1. The summed E-state index contributed by atoms with van der Waals surface area (Å²) in [6, 6.07) is 3.48. The monoisotopic (exact) mass is 311 g/mol. The van der Waals surface area contributed by atoms with E-state index in [9.17, 15) is 8.42 Å². The van der Waals surface area contributed by atoms with Gasteiger partial charge in [0.15, 0.2) is 0 Å². The van der Waals surface area contributed by atoms with Crippen LogP contribution in [0.1, 0.15) is 56.6 Å². The van der Waals surface area contributed by atoms with Crippen LogP contribution in [0.5, 0.6) is 5.75 Å². The third kappa shape index (κ3) is 3.98. The molecule has 1 aliphatic carbocycles. The second-order valence-corrected chi connectivity index (χ2v) is 7.85. The Morgan fingerprint density at radius 3 is 2.43 bits per heavy atom. The molecule has 0 unspecified atom stereocenters. The first-order valence-corrected chi connectivity index (χ1v) is 9.14. The van der Waals surface area contributed by atoms with Gasteiger partial charge in [-0.3, -0.25) is 0 Å². The van der Waals surface area contributed by atoms with Crippen LogP contribution in [-0.4, -0.2) is 15.0 Å². The predicted octanol–water partition coefficient (Wildman–Crippen LogP) is 3.33. The van der Waals surface area contributed by atoms with Crippen LogP contribution in [0.15, 0.2) is 17.0 Å². The van der Waals surface area contributed by atoms with Crippen LogP contribution in [0.25, 0.3) is 0 Å². The minimum absolute atomic E-state index is 0.185. The molecule has 0 bridgehead atoms. The van der Waals surface area contributed by atoms with Crippen LogP contribution in [0, 0.1) is 12.8 Å². The van der Waals surface area contributed by atoms with E-state index in [1.807, 2.05) is 19.9 Å². The number of rotatable bonds is 5. The lowest BCUT2D eigenvalue weighted by Crippen LogP contribution is -2.15. The molecular formula is C16H25NO3S. The minimum Gasteiger partial charge on any atom is -0.493 e. The normalized spacial score (nSPS) is 16.6. The van der Waals surface area contributed by atoms with Gasteiger partial charge in [0.1, 0.15) is 5.75 Å². The van der Waals surface area contributed by atoms with Crippen molar-refractivity contribution in [3.8, 4) is 5.75 Å². The highest BCUT2D eigenvalue weighted by Crippen LogP contribution is 2.33. The number of nitrogens with two attached hydrogens (primary N) is 1. The van der Waals surface area contributed by atoms with Crippen molar-refractivity contribution in [2.75, 3.05) is 6.61 Å². The van der Waals surface area contributed by atoms with Crippen LogP contribution in [0.2, 0.25) is 0 Å². The van der Waals surface area contributed by atoms with E-state index in [4.69, 9.17) is 9.88 Å². The van der Waals surface area contributed by atoms with Crippen molar-refractivity contribution in [1.29, 1.82) is 0 Å². The van der Waals surface area contributed by atoms with Crippen LogP contribution in [-0.2, 0) is 10.0 Å². The average molecular weight is 311 g/mol. The second-order valence-electron chi connectivity index (χ2n) is 6.32. The highest BCUT2D eigenvalue weighted by molar-refractivity contribution is 7.89. The average Bonchev–Trinajstić information content (AvgIpc) is 2.87. The Morgan fingerprint density at radius 2 is 1.90 bits per heavy atom. The molecule has 0 spiro atoms. The Bertz CT molecular complexity index is 602. The fraction of sp³-hybridized carbons (Fsp3) is 0.625. The van der Waals surface area contributed by atoms with Gasteiger partial charge in [0.05, 0.1) is 11.5 Å². The summed E-state index contributed by atoms with van der Waals surface area (Å²) in [5.41, 5.74) is 1.55. The number of hydrogen-bond donors (Lipinski definition) is 1. The van der Waals surface area contributed by atoms with Crippen molar-refractivity contribution >= 4 is 10.0 Å². The van der Waals surface area contributed by atoms with E-state index in [1.54, 1.807) is 13.0 Å². The molecule has 2 N–H and O–H groups in total. The smallest absolute Gasteiger partial charge is 0.238 e. The summed E-state index contributed by atoms with van der Waals surface area (Å²) in [6.45, 7) is 6.53. The van der Waals surface area contributed by atoms with Crippen LogP contribution >= 0.6 is 0 Å². The topological polar surface area (TPSA) is 69.4 Å². The molecule has 0 atom stereocenters. The summed E-state index contributed by atoms with van der Waals surface area (Å²) < 4.78 is 29.3. The Morgan fingerprint density at radius 1 is 1.29 bits per heavy atom. The van der Waals surface area contributed by atoms with E-state index in [0.29, 0.717) is 18.1 Å². The minimum atomic E-state index is -3.69. The number of primary sulfonamides is 1. The summed E-state index contributed by atoms with van der Waals surface area (Å²) in [7, 11) is -3.69. The van der Waals surface area contributed by atoms with Gasteiger partial charge in [-0.15, -0.1) is 0 Å². The SMILES string of the molecule is Cc1cc(OCC2CCCC2)c(C(C)C)cc1S(N)(=O)=O. The van der Waals surface area contributed by atoms with E-state index in [2.05, 4.69) is 0 Å². The van der Waals surface area contributed by atoms with E-state index in [-0.39, 0.29) is 10.8 Å². The van der Waals surface area contributed by atoms with Gasteiger partial charge in [-0.25, -0.2) is 13.6 Å². The Labute approximate surface area is 127 Å². The first-order chi connectivity index (χ1) is 9.79. The molecular weight excluding hydrogens is 286 g/mol. The molecule has 1 fully saturated rings. The largest absolute Gasteiger partial charge is 0.493 e. The van der Waals surface area contributed by atoms with Crippen LogP contribution < -0.4 is 9.88 Å². The molecule has 0 radical (unpaired) electrons. The van der Waals surface area contributed by atoms with Crippen molar-refractivity contribution in [3.63, 3.8) is 0 Å². The molecule has 0 heterocycles. The Balaban J connectivity index is 2.29. The van der Waals surface area contributed by atoms with Crippen LogP contribution in [0.4, 0.5) is 0 Å². The van der Waals surface area contributed by atoms with Gasteiger partial charge >= 0.3 is 0 Å². The lowest BCUT2D eigenvalue weighted by atomic mass is 10.0. The van der Waals surface area contributed by atoms with Crippen molar-refractivity contribution in [1.82, 2.24) is 0 Å². The number of hydrogen-bond acceptors (Lipinski definition) is 3. The standard InChI is InChI=1S/C16H25NO3S/c1-11(2)14-9-16(21(17,18)19)12(3)8-15(14)20-10-13-6-4-5-7-13/h8-9,11,13H,4-7,10H2,1-3H3,(H2,17,18,19).